The van der Waals surface area contributed by atoms with Crippen molar-refractivity contribution in [3.8, 4) is 6.07 Å². The number of hydrogen-bond donors (Lipinski definition) is 2. The summed E-state index contributed by atoms with van der Waals surface area (Å²) in [6.45, 7) is 2.35. The number of rotatable bonds is 6. The maximum atomic E-state index is 13.7. The highest BCUT2D eigenvalue weighted by Gasteiger charge is 2.47. The van der Waals surface area contributed by atoms with E-state index in [1.165, 1.54) is 4.90 Å². The number of hydrogen-bond acceptors (Lipinski definition) is 5. The number of amides is 3. The van der Waals surface area contributed by atoms with Gasteiger partial charge >= 0.3 is 6.03 Å². The minimum atomic E-state index is -3.16. The minimum Gasteiger partial charge on any atom is -0.349 e. The van der Waals surface area contributed by atoms with Crippen LogP contribution in [0.5, 0.6) is 0 Å². The second-order valence-corrected chi connectivity index (χ2v) is 9.59. The van der Waals surface area contributed by atoms with Gasteiger partial charge in [0.25, 0.3) is 0 Å². The Bertz CT molecular complexity index is 925. The van der Waals surface area contributed by atoms with Gasteiger partial charge in [-0.05, 0) is 25.3 Å². The van der Waals surface area contributed by atoms with E-state index in [1.54, 1.807) is 0 Å². The molecule has 1 spiro atoms. The maximum Gasteiger partial charge on any atom is 0.318 e. The number of carbonyl (C=O) groups excluding carboxylic acids is 2. The number of nitriles is 1. The van der Waals surface area contributed by atoms with Crippen molar-refractivity contribution in [1.82, 2.24) is 15.5 Å². The smallest absolute Gasteiger partial charge is 0.318 e. The third-order valence-corrected chi connectivity index (χ3v) is 6.68. The van der Waals surface area contributed by atoms with Gasteiger partial charge in [0.2, 0.25) is 11.8 Å². The highest BCUT2D eigenvalue weighted by Crippen LogP contribution is 2.36. The molecule has 1 atom stereocenters. The molecular formula is C24H30F2N4O4. The Labute approximate surface area is 197 Å². The molecule has 2 N–H and O–H groups in total. The normalized spacial score (nSPS) is 22.5. The number of piperidine rings is 1. The van der Waals surface area contributed by atoms with E-state index in [0.717, 1.165) is 5.56 Å². The number of alkyl halides is 2. The molecule has 34 heavy (non-hydrogen) atoms. The Balaban J connectivity index is 1.30. The Hall–Kier alpha value is -2.77. The average molecular weight is 477 g/mol. The third kappa shape index (κ3) is 5.83. The van der Waals surface area contributed by atoms with Crippen LogP contribution >= 0.6 is 0 Å². The summed E-state index contributed by atoms with van der Waals surface area (Å²) >= 11 is 0. The molecule has 184 valence electrons. The molecule has 1 saturated carbocycles. The van der Waals surface area contributed by atoms with Crippen LogP contribution in [0.25, 0.3) is 0 Å². The van der Waals surface area contributed by atoms with Gasteiger partial charge in [0, 0.05) is 38.3 Å². The Morgan fingerprint density at radius 1 is 1.18 bits per heavy atom. The molecule has 2 aliphatic heterocycles. The topological polar surface area (TPSA) is 104 Å². The quantitative estimate of drug-likeness (QED) is 0.657. The van der Waals surface area contributed by atoms with E-state index in [-0.39, 0.29) is 5.92 Å². The first-order valence-corrected chi connectivity index (χ1v) is 11.6. The van der Waals surface area contributed by atoms with Crippen LogP contribution in [-0.4, -0.2) is 66.4 Å². The van der Waals surface area contributed by atoms with E-state index in [2.05, 4.69) is 10.6 Å². The fourth-order valence-corrected chi connectivity index (χ4v) is 4.37. The zero-order valence-electron chi connectivity index (χ0n) is 19.2. The maximum absolute atomic E-state index is 13.7. The fourth-order valence-electron chi connectivity index (χ4n) is 4.37. The van der Waals surface area contributed by atoms with Crippen molar-refractivity contribution < 1.29 is 27.8 Å². The third-order valence-electron chi connectivity index (χ3n) is 6.68. The SMILES string of the molecule is CC(F)(F)C[C@H](NC(=O)N1CCC2(CC1)OCC(c1ccccc1)CO2)C(=O)NC1(C#N)CC1. The number of nitrogens with zero attached hydrogens (tertiary/aromatic N) is 2. The summed E-state index contributed by atoms with van der Waals surface area (Å²) in [6.07, 6.45) is 0.979. The molecule has 1 aromatic carbocycles. The van der Waals surface area contributed by atoms with Gasteiger partial charge in [-0.3, -0.25) is 4.79 Å². The van der Waals surface area contributed by atoms with Crippen molar-refractivity contribution >= 4 is 11.9 Å². The zero-order chi connectivity index (χ0) is 24.4. The largest absolute Gasteiger partial charge is 0.349 e. The predicted octanol–water partition coefficient (Wildman–Crippen LogP) is 2.90. The number of nitrogens with one attached hydrogen (secondary N) is 2. The van der Waals surface area contributed by atoms with Gasteiger partial charge in [0.15, 0.2) is 5.79 Å². The molecule has 0 bridgehead atoms. The van der Waals surface area contributed by atoms with Crippen LogP contribution in [0, 0.1) is 11.3 Å². The lowest BCUT2D eigenvalue weighted by molar-refractivity contribution is -0.287. The average Bonchev–Trinajstić information content (AvgIpc) is 3.59. The molecule has 10 heteroatoms. The van der Waals surface area contributed by atoms with E-state index in [1.807, 2.05) is 36.4 Å². The van der Waals surface area contributed by atoms with Gasteiger partial charge in [0.05, 0.1) is 19.3 Å². The van der Waals surface area contributed by atoms with Crippen molar-refractivity contribution in [2.75, 3.05) is 26.3 Å². The molecule has 3 fully saturated rings. The van der Waals surface area contributed by atoms with Gasteiger partial charge < -0.3 is 25.0 Å². The van der Waals surface area contributed by atoms with Crippen LogP contribution in [0.1, 0.15) is 50.5 Å². The summed E-state index contributed by atoms with van der Waals surface area (Å²) in [5.41, 5.74) is 0.143. The molecule has 2 saturated heterocycles. The van der Waals surface area contributed by atoms with Gasteiger partial charge in [-0.15, -0.1) is 0 Å². The summed E-state index contributed by atoms with van der Waals surface area (Å²) in [5.74, 6) is -4.55. The second kappa shape index (κ2) is 9.47. The molecule has 8 nitrogen and oxygen atoms in total. The van der Waals surface area contributed by atoms with Gasteiger partial charge in [-0.1, -0.05) is 30.3 Å². The lowest BCUT2D eigenvalue weighted by Gasteiger charge is -2.45. The first-order chi connectivity index (χ1) is 16.1. The summed E-state index contributed by atoms with van der Waals surface area (Å²) in [5, 5.41) is 14.1. The van der Waals surface area contributed by atoms with E-state index in [4.69, 9.17) is 9.47 Å². The molecule has 1 aromatic rings. The van der Waals surface area contributed by atoms with Crippen molar-refractivity contribution in [2.24, 2.45) is 0 Å². The van der Waals surface area contributed by atoms with Crippen molar-refractivity contribution in [1.29, 1.82) is 5.26 Å². The van der Waals surface area contributed by atoms with Crippen LogP contribution < -0.4 is 10.6 Å². The van der Waals surface area contributed by atoms with Crippen LogP contribution in [0.15, 0.2) is 30.3 Å². The number of halogens is 2. The number of likely N-dealkylation sites (tertiary alicyclic amines) is 1. The molecule has 0 aromatic heterocycles. The van der Waals surface area contributed by atoms with Crippen LogP contribution in [-0.2, 0) is 14.3 Å². The lowest BCUT2D eigenvalue weighted by atomic mass is 9.97. The number of urea groups is 1. The van der Waals surface area contributed by atoms with E-state index in [9.17, 15) is 23.6 Å². The first-order valence-electron chi connectivity index (χ1n) is 11.6. The molecule has 1 aliphatic carbocycles. The van der Waals surface area contributed by atoms with Gasteiger partial charge in [0.1, 0.15) is 11.6 Å². The van der Waals surface area contributed by atoms with Crippen LogP contribution in [0.4, 0.5) is 13.6 Å². The van der Waals surface area contributed by atoms with Crippen molar-refractivity contribution in [3.63, 3.8) is 0 Å². The molecule has 3 aliphatic rings. The van der Waals surface area contributed by atoms with Crippen molar-refractivity contribution in [3.05, 3.63) is 35.9 Å². The number of benzene rings is 1. The first kappa shape index (κ1) is 24.4. The van der Waals surface area contributed by atoms with Crippen molar-refractivity contribution in [2.45, 2.75) is 68.2 Å². The second-order valence-electron chi connectivity index (χ2n) is 9.59. The van der Waals surface area contributed by atoms with Gasteiger partial charge in [-0.2, -0.15) is 5.26 Å². The molecule has 3 amide bonds. The number of carbonyl (C=O) groups is 2. The molecular weight excluding hydrogens is 446 g/mol. The Morgan fingerprint density at radius 3 is 2.32 bits per heavy atom. The van der Waals surface area contributed by atoms with Crippen LogP contribution in [0.2, 0.25) is 0 Å². The monoisotopic (exact) mass is 476 g/mol. The fraction of sp³-hybridized carbons (Fsp3) is 0.625. The van der Waals surface area contributed by atoms with E-state index < -0.39 is 41.6 Å². The lowest BCUT2D eigenvalue weighted by Crippen LogP contribution is -2.58. The van der Waals surface area contributed by atoms with Crippen LogP contribution in [0.3, 0.4) is 0 Å². The highest BCUT2D eigenvalue weighted by molar-refractivity contribution is 5.88. The summed E-state index contributed by atoms with van der Waals surface area (Å²) in [6, 6.07) is 9.94. The Kier molecular flexibility index (Phi) is 6.78. The molecule has 0 radical (unpaired) electrons. The molecule has 0 unspecified atom stereocenters. The zero-order valence-corrected chi connectivity index (χ0v) is 19.2. The standard InChI is InChI=1S/C24H30F2N4O4/c1-22(25,26)13-19(20(31)29-23(16-27)7-8-23)28-21(32)30-11-9-24(10-12-30)33-14-18(15-34-24)17-5-3-2-4-6-17/h2-6,18-19H,7-15H2,1H3,(H,28,32)(H,29,31)/t19-/m0/s1. The minimum absolute atomic E-state index is 0.145. The number of ether oxygens (including phenoxy) is 2. The predicted molar refractivity (Wildman–Crippen MR) is 118 cm³/mol. The summed E-state index contributed by atoms with van der Waals surface area (Å²) < 4.78 is 39.6. The van der Waals surface area contributed by atoms with Gasteiger partial charge in [-0.25, -0.2) is 13.6 Å². The van der Waals surface area contributed by atoms with E-state index in [0.29, 0.717) is 58.9 Å². The van der Waals surface area contributed by atoms with E-state index >= 15 is 0 Å². The Morgan fingerprint density at radius 2 is 1.79 bits per heavy atom. The summed E-state index contributed by atoms with van der Waals surface area (Å²) in [7, 11) is 0. The molecule has 2 heterocycles. The summed E-state index contributed by atoms with van der Waals surface area (Å²) in [4.78, 5) is 26.9. The molecule has 4 rings (SSSR count). The highest BCUT2D eigenvalue weighted by atomic mass is 19.3.